The largest absolute Gasteiger partial charge is 0.271 e. The summed E-state index contributed by atoms with van der Waals surface area (Å²) in [6.07, 6.45) is 0.403. The molecule has 0 saturated heterocycles. The summed E-state index contributed by atoms with van der Waals surface area (Å²) in [6, 6.07) is 9.79. The van der Waals surface area contributed by atoms with Crippen LogP contribution in [-0.2, 0) is 6.42 Å². The van der Waals surface area contributed by atoms with E-state index in [0.29, 0.717) is 22.0 Å². The van der Waals surface area contributed by atoms with Gasteiger partial charge in [-0.1, -0.05) is 45.2 Å². The van der Waals surface area contributed by atoms with Crippen LogP contribution in [0.3, 0.4) is 0 Å². The van der Waals surface area contributed by atoms with E-state index >= 15 is 0 Å². The second-order valence-electron chi connectivity index (χ2n) is 4.33. The number of rotatable bonds is 4. The second-order valence-corrected chi connectivity index (χ2v) is 6.06. The van der Waals surface area contributed by atoms with Gasteiger partial charge in [0.2, 0.25) is 0 Å². The Bertz CT molecular complexity index is 622. The summed E-state index contributed by atoms with van der Waals surface area (Å²) in [6.45, 7) is 0. The molecule has 0 aliphatic rings. The van der Waals surface area contributed by atoms with Crippen molar-refractivity contribution in [2.24, 2.45) is 5.84 Å². The fourth-order valence-corrected chi connectivity index (χ4v) is 2.64. The van der Waals surface area contributed by atoms with E-state index in [1.54, 1.807) is 24.3 Å². The minimum atomic E-state index is -0.270. The molecular weight excluding hydrogens is 366 g/mol. The highest BCUT2D eigenvalue weighted by atomic mass is 79.9. The number of hydrazine groups is 1. The predicted octanol–water partition coefficient (Wildman–Crippen LogP) is 4.64. The molecule has 0 amide bonds. The second kappa shape index (κ2) is 6.87. The minimum absolute atomic E-state index is 0.256. The maximum Gasteiger partial charge on any atom is 0.126 e. The van der Waals surface area contributed by atoms with Crippen LogP contribution in [0.2, 0.25) is 10.0 Å². The van der Waals surface area contributed by atoms with Crippen molar-refractivity contribution in [3.8, 4) is 0 Å². The molecule has 0 saturated carbocycles. The first-order valence-electron chi connectivity index (χ1n) is 5.86. The van der Waals surface area contributed by atoms with Crippen LogP contribution in [0.25, 0.3) is 0 Å². The molecule has 6 heteroatoms. The molecule has 2 nitrogen and oxygen atoms in total. The Hall–Kier alpha value is -0.650. The van der Waals surface area contributed by atoms with Gasteiger partial charge in [-0.3, -0.25) is 11.3 Å². The molecule has 0 bridgehead atoms. The summed E-state index contributed by atoms with van der Waals surface area (Å²) in [7, 11) is 0. The highest BCUT2D eigenvalue weighted by Crippen LogP contribution is 2.28. The van der Waals surface area contributed by atoms with E-state index in [-0.39, 0.29) is 11.9 Å². The van der Waals surface area contributed by atoms with E-state index in [1.165, 1.54) is 6.07 Å². The Balaban J connectivity index is 2.28. The summed E-state index contributed by atoms with van der Waals surface area (Å²) in [5, 5.41) is 0.916. The van der Waals surface area contributed by atoms with E-state index in [2.05, 4.69) is 21.4 Å². The average Bonchev–Trinajstić information content (AvgIpc) is 2.43. The maximum atomic E-state index is 13.8. The van der Waals surface area contributed by atoms with E-state index in [0.717, 1.165) is 10.0 Å². The maximum absolute atomic E-state index is 13.8. The van der Waals surface area contributed by atoms with E-state index in [4.69, 9.17) is 29.0 Å². The van der Waals surface area contributed by atoms with Gasteiger partial charge in [0.05, 0.1) is 16.1 Å². The van der Waals surface area contributed by atoms with Crippen LogP contribution < -0.4 is 11.3 Å². The monoisotopic (exact) mass is 376 g/mol. The van der Waals surface area contributed by atoms with Crippen LogP contribution in [0.1, 0.15) is 17.2 Å². The molecule has 0 aromatic heterocycles. The molecule has 0 spiro atoms. The first-order chi connectivity index (χ1) is 9.51. The Labute approximate surface area is 135 Å². The summed E-state index contributed by atoms with van der Waals surface area (Å²) < 4.78 is 14.6. The van der Waals surface area contributed by atoms with Gasteiger partial charge in [-0.15, -0.1) is 0 Å². The summed E-state index contributed by atoms with van der Waals surface area (Å²) in [5.41, 5.74) is 4.09. The fourth-order valence-electron chi connectivity index (χ4n) is 1.92. The molecule has 1 unspecified atom stereocenters. The van der Waals surface area contributed by atoms with Crippen molar-refractivity contribution in [3.05, 3.63) is 67.9 Å². The highest BCUT2D eigenvalue weighted by molar-refractivity contribution is 9.10. The number of hydrogen-bond donors (Lipinski definition) is 2. The van der Waals surface area contributed by atoms with Crippen LogP contribution in [0.4, 0.5) is 4.39 Å². The minimum Gasteiger partial charge on any atom is -0.271 e. The lowest BCUT2D eigenvalue weighted by molar-refractivity contribution is 0.529. The molecule has 20 heavy (non-hydrogen) atoms. The molecule has 3 N–H and O–H groups in total. The van der Waals surface area contributed by atoms with Gasteiger partial charge < -0.3 is 0 Å². The lowest BCUT2D eigenvalue weighted by atomic mass is 9.99. The van der Waals surface area contributed by atoms with Gasteiger partial charge in [-0.05, 0) is 47.9 Å². The smallest absolute Gasteiger partial charge is 0.126 e. The highest BCUT2D eigenvalue weighted by Gasteiger charge is 2.14. The Morgan fingerprint density at radius 3 is 2.55 bits per heavy atom. The first kappa shape index (κ1) is 15.7. The van der Waals surface area contributed by atoms with E-state index in [9.17, 15) is 4.39 Å². The number of nitrogens with one attached hydrogen (secondary N) is 1. The van der Waals surface area contributed by atoms with Crippen LogP contribution >= 0.6 is 39.1 Å². The third kappa shape index (κ3) is 3.71. The predicted molar refractivity (Wildman–Crippen MR) is 84.3 cm³/mol. The van der Waals surface area contributed by atoms with Crippen molar-refractivity contribution < 1.29 is 4.39 Å². The lowest BCUT2D eigenvalue weighted by Crippen LogP contribution is -2.29. The summed E-state index contributed by atoms with van der Waals surface area (Å²) >= 11 is 15.2. The number of benzene rings is 2. The van der Waals surface area contributed by atoms with Crippen LogP contribution in [0.5, 0.6) is 0 Å². The summed E-state index contributed by atoms with van der Waals surface area (Å²) in [5.74, 6) is 5.30. The van der Waals surface area contributed by atoms with Crippen LogP contribution in [0, 0.1) is 5.82 Å². The molecular formula is C14H12BrCl2FN2. The van der Waals surface area contributed by atoms with Crippen molar-refractivity contribution in [2.75, 3.05) is 0 Å². The van der Waals surface area contributed by atoms with Gasteiger partial charge in [0.1, 0.15) is 5.82 Å². The molecule has 0 radical (unpaired) electrons. The fraction of sp³-hybridized carbons (Fsp3) is 0.143. The van der Waals surface area contributed by atoms with Gasteiger partial charge in [-0.2, -0.15) is 0 Å². The standard InChI is InChI=1S/C14H12BrCl2FN2/c15-10-2-4-13(18)9(5-10)7-14(20-19)8-1-3-11(16)12(17)6-8/h1-6,14,20H,7,19H2. The molecule has 2 rings (SSSR count). The molecule has 2 aromatic carbocycles. The summed E-state index contributed by atoms with van der Waals surface area (Å²) in [4.78, 5) is 0. The lowest BCUT2D eigenvalue weighted by Gasteiger charge is -2.17. The molecule has 0 fully saturated rings. The van der Waals surface area contributed by atoms with Gasteiger partial charge in [0.25, 0.3) is 0 Å². The Morgan fingerprint density at radius 2 is 1.90 bits per heavy atom. The zero-order valence-corrected chi connectivity index (χ0v) is 13.4. The number of halogens is 4. The van der Waals surface area contributed by atoms with Gasteiger partial charge in [0, 0.05) is 4.47 Å². The van der Waals surface area contributed by atoms with E-state index in [1.807, 2.05) is 6.07 Å². The molecule has 0 heterocycles. The average molecular weight is 378 g/mol. The Morgan fingerprint density at radius 1 is 1.15 bits per heavy atom. The van der Waals surface area contributed by atoms with Gasteiger partial charge in [-0.25, -0.2) is 4.39 Å². The van der Waals surface area contributed by atoms with Crippen molar-refractivity contribution in [1.82, 2.24) is 5.43 Å². The topological polar surface area (TPSA) is 38.0 Å². The first-order valence-corrected chi connectivity index (χ1v) is 7.41. The quantitative estimate of drug-likeness (QED) is 0.601. The van der Waals surface area contributed by atoms with Crippen molar-refractivity contribution >= 4 is 39.1 Å². The SMILES string of the molecule is NNC(Cc1cc(Br)ccc1F)c1ccc(Cl)c(Cl)c1. The molecule has 0 aliphatic heterocycles. The normalized spacial score (nSPS) is 12.4. The van der Waals surface area contributed by atoms with E-state index < -0.39 is 0 Å². The Kier molecular flexibility index (Phi) is 5.41. The van der Waals surface area contributed by atoms with Crippen LogP contribution in [-0.4, -0.2) is 0 Å². The van der Waals surface area contributed by atoms with Crippen molar-refractivity contribution in [3.63, 3.8) is 0 Å². The zero-order chi connectivity index (χ0) is 14.7. The molecule has 2 aromatic rings. The van der Waals surface area contributed by atoms with Crippen molar-refractivity contribution in [1.29, 1.82) is 0 Å². The van der Waals surface area contributed by atoms with Crippen LogP contribution in [0.15, 0.2) is 40.9 Å². The van der Waals surface area contributed by atoms with Gasteiger partial charge in [0.15, 0.2) is 0 Å². The van der Waals surface area contributed by atoms with Crippen molar-refractivity contribution in [2.45, 2.75) is 12.5 Å². The number of hydrogen-bond acceptors (Lipinski definition) is 2. The third-order valence-corrected chi connectivity index (χ3v) is 4.21. The van der Waals surface area contributed by atoms with Gasteiger partial charge >= 0.3 is 0 Å². The molecule has 106 valence electrons. The molecule has 1 atom stereocenters. The third-order valence-electron chi connectivity index (χ3n) is 2.98. The molecule has 0 aliphatic carbocycles. The zero-order valence-electron chi connectivity index (χ0n) is 10.3. The number of nitrogens with two attached hydrogens (primary N) is 1.